The zero-order valence-corrected chi connectivity index (χ0v) is 19.0. The van der Waals surface area contributed by atoms with Gasteiger partial charge in [-0.1, -0.05) is 46.4 Å². The van der Waals surface area contributed by atoms with Crippen molar-refractivity contribution in [3.05, 3.63) is 32.7 Å². The first-order valence-electron chi connectivity index (χ1n) is 9.04. The zero-order valence-electron chi connectivity index (χ0n) is 16.0. The van der Waals surface area contributed by atoms with E-state index in [1.165, 1.54) is 6.08 Å². The van der Waals surface area contributed by atoms with E-state index in [4.69, 9.17) is 70.1 Å². The van der Waals surface area contributed by atoms with Crippen LogP contribution in [0.2, 0.25) is 10.0 Å². The lowest BCUT2D eigenvalue weighted by molar-refractivity contribution is -0.167. The van der Waals surface area contributed by atoms with Crippen molar-refractivity contribution < 1.29 is 23.7 Å². The van der Waals surface area contributed by atoms with Gasteiger partial charge < -0.3 is 23.7 Å². The van der Waals surface area contributed by atoms with Crippen LogP contribution < -0.4 is 9.47 Å². The molecule has 0 aromatic heterocycles. The predicted octanol–water partition coefficient (Wildman–Crippen LogP) is 6.27. The highest BCUT2D eigenvalue weighted by Crippen LogP contribution is 2.37. The highest BCUT2D eigenvalue weighted by atomic mass is 35.5. The van der Waals surface area contributed by atoms with Gasteiger partial charge in [-0.05, 0) is 32.8 Å². The average molecular weight is 476 g/mol. The number of benzene rings is 1. The molecule has 0 unspecified atom stereocenters. The summed E-state index contributed by atoms with van der Waals surface area (Å²) < 4.78 is 27.7. The van der Waals surface area contributed by atoms with Gasteiger partial charge in [-0.3, -0.25) is 0 Å². The lowest BCUT2D eigenvalue weighted by Crippen LogP contribution is -2.23. The van der Waals surface area contributed by atoms with E-state index in [1.54, 1.807) is 12.1 Å². The first-order valence-corrected chi connectivity index (χ1v) is 10.6. The second-order valence-corrected chi connectivity index (χ2v) is 7.31. The van der Waals surface area contributed by atoms with Crippen LogP contribution in [0.15, 0.2) is 22.7 Å². The average Bonchev–Trinajstić information content (AvgIpc) is 2.62. The van der Waals surface area contributed by atoms with Crippen LogP contribution in [0.3, 0.4) is 0 Å². The van der Waals surface area contributed by atoms with Gasteiger partial charge in [0.05, 0.1) is 23.3 Å². The molecule has 0 aliphatic carbocycles. The number of hydrogen-bond donors (Lipinski definition) is 0. The van der Waals surface area contributed by atoms with Crippen LogP contribution in [-0.4, -0.2) is 45.9 Å². The van der Waals surface area contributed by atoms with Crippen LogP contribution in [0.25, 0.3) is 0 Å². The molecule has 0 radical (unpaired) electrons. The summed E-state index contributed by atoms with van der Waals surface area (Å²) in [5.74, 6) is 0.926. The molecule has 1 aromatic carbocycles. The number of ether oxygens (including phenoxy) is 5. The van der Waals surface area contributed by atoms with Gasteiger partial charge >= 0.3 is 0 Å². The molecule has 0 bridgehead atoms. The van der Waals surface area contributed by atoms with Crippen LogP contribution in [0.4, 0.5) is 0 Å². The Morgan fingerprint density at radius 2 is 1.57 bits per heavy atom. The van der Waals surface area contributed by atoms with Crippen molar-refractivity contribution in [3.63, 3.8) is 0 Å². The summed E-state index contributed by atoms with van der Waals surface area (Å²) in [4.78, 5) is 0. The molecule has 0 heterocycles. The van der Waals surface area contributed by atoms with E-state index in [9.17, 15) is 0 Å². The second kappa shape index (κ2) is 15.4. The summed E-state index contributed by atoms with van der Waals surface area (Å²) in [7, 11) is 0. The van der Waals surface area contributed by atoms with Crippen LogP contribution in [0.5, 0.6) is 11.5 Å². The minimum Gasteiger partial charge on any atom is -0.490 e. The Morgan fingerprint density at radius 1 is 0.964 bits per heavy atom. The molecule has 1 aromatic rings. The van der Waals surface area contributed by atoms with Crippen molar-refractivity contribution in [3.8, 4) is 11.5 Å². The molecular formula is C19H26Cl4O5. The molecule has 0 saturated heterocycles. The lowest BCUT2D eigenvalue weighted by Gasteiger charge is -2.17. The summed E-state index contributed by atoms with van der Waals surface area (Å²) in [5, 5.41) is 0.743. The maximum atomic E-state index is 6.22. The highest BCUT2D eigenvalue weighted by molar-refractivity contribution is 6.55. The molecule has 0 amide bonds. The maximum absolute atomic E-state index is 6.22. The van der Waals surface area contributed by atoms with Crippen molar-refractivity contribution >= 4 is 46.4 Å². The Hall–Kier alpha value is -0.400. The van der Waals surface area contributed by atoms with Crippen LogP contribution >= 0.6 is 46.4 Å². The molecule has 0 spiro atoms. The molecule has 1 rings (SSSR count). The van der Waals surface area contributed by atoms with Gasteiger partial charge in [-0.15, -0.1) is 0 Å². The third-order valence-electron chi connectivity index (χ3n) is 3.35. The summed E-state index contributed by atoms with van der Waals surface area (Å²) in [6.07, 6.45) is 2.81. The fraction of sp³-hybridized carbons (Fsp3) is 0.579. The summed E-state index contributed by atoms with van der Waals surface area (Å²) in [5.41, 5.74) is 0. The number of hydrogen-bond acceptors (Lipinski definition) is 5. The Balaban J connectivity index is 2.30. The Labute approximate surface area is 186 Å². The fourth-order valence-corrected chi connectivity index (χ4v) is 2.84. The molecule has 0 fully saturated rings. The number of halogens is 4. The van der Waals surface area contributed by atoms with Gasteiger partial charge in [0.2, 0.25) is 0 Å². The summed E-state index contributed by atoms with van der Waals surface area (Å²) in [6, 6.07) is 3.26. The largest absolute Gasteiger partial charge is 0.490 e. The molecule has 0 N–H and O–H groups in total. The lowest BCUT2D eigenvalue weighted by atomic mass is 10.3. The van der Waals surface area contributed by atoms with Crippen molar-refractivity contribution in [2.45, 2.75) is 33.0 Å². The fourth-order valence-electron chi connectivity index (χ4n) is 2.13. The van der Waals surface area contributed by atoms with E-state index in [0.717, 1.165) is 12.8 Å². The van der Waals surface area contributed by atoms with Gasteiger partial charge in [0.15, 0.2) is 12.0 Å². The smallest absolute Gasteiger partial charge is 0.180 e. The van der Waals surface area contributed by atoms with E-state index in [0.29, 0.717) is 54.6 Å². The normalized spacial score (nSPS) is 11.0. The molecule has 160 valence electrons. The molecule has 0 saturated carbocycles. The van der Waals surface area contributed by atoms with E-state index >= 15 is 0 Å². The minimum atomic E-state index is -0.319. The Bertz CT molecular complexity index is 565. The monoisotopic (exact) mass is 474 g/mol. The molecule has 0 aliphatic heterocycles. The summed E-state index contributed by atoms with van der Waals surface area (Å²) >= 11 is 23.5. The van der Waals surface area contributed by atoms with E-state index in [2.05, 4.69) is 0 Å². The SMILES string of the molecule is CCOC(COCCCCOc1c(Cl)cc(OCC=C(Cl)Cl)cc1Cl)OCC. The standard InChI is InChI=1S/C19H26Cl4O5/c1-3-25-18(26-4-2)13-24-8-5-6-9-28-19-15(20)11-14(12-16(19)21)27-10-7-17(22)23/h7,11-12,18H,3-6,8-10,13H2,1-2H3. The van der Waals surface area contributed by atoms with Crippen molar-refractivity contribution in [1.82, 2.24) is 0 Å². The van der Waals surface area contributed by atoms with Gasteiger partial charge in [0.25, 0.3) is 0 Å². The maximum Gasteiger partial charge on any atom is 0.180 e. The molecule has 28 heavy (non-hydrogen) atoms. The van der Waals surface area contributed by atoms with Gasteiger partial charge in [-0.2, -0.15) is 0 Å². The van der Waals surface area contributed by atoms with Gasteiger partial charge in [0, 0.05) is 32.0 Å². The Morgan fingerprint density at radius 3 is 2.14 bits per heavy atom. The minimum absolute atomic E-state index is 0.132. The molecular weight excluding hydrogens is 450 g/mol. The second-order valence-electron chi connectivity index (χ2n) is 5.49. The molecule has 5 nitrogen and oxygen atoms in total. The van der Waals surface area contributed by atoms with Crippen molar-refractivity contribution in [2.75, 3.05) is 39.6 Å². The molecule has 0 aliphatic rings. The predicted molar refractivity (Wildman–Crippen MR) is 114 cm³/mol. The van der Waals surface area contributed by atoms with E-state index in [1.807, 2.05) is 13.8 Å². The van der Waals surface area contributed by atoms with Crippen LogP contribution in [-0.2, 0) is 14.2 Å². The number of rotatable bonds is 15. The first-order chi connectivity index (χ1) is 13.5. The van der Waals surface area contributed by atoms with Crippen molar-refractivity contribution in [1.29, 1.82) is 0 Å². The number of unbranched alkanes of at least 4 members (excludes halogenated alkanes) is 1. The molecule has 9 heteroatoms. The highest BCUT2D eigenvalue weighted by Gasteiger charge is 2.11. The van der Waals surface area contributed by atoms with E-state index < -0.39 is 0 Å². The van der Waals surface area contributed by atoms with Crippen molar-refractivity contribution in [2.24, 2.45) is 0 Å². The van der Waals surface area contributed by atoms with Gasteiger partial charge in [0.1, 0.15) is 16.8 Å². The van der Waals surface area contributed by atoms with Crippen LogP contribution in [0, 0.1) is 0 Å². The quantitative estimate of drug-likeness (QED) is 0.221. The summed E-state index contributed by atoms with van der Waals surface area (Å²) in [6.45, 7) is 6.69. The zero-order chi connectivity index (χ0) is 20.8. The third kappa shape index (κ3) is 11.0. The van der Waals surface area contributed by atoms with E-state index in [-0.39, 0.29) is 17.4 Å². The Kier molecular flexibility index (Phi) is 14.1. The third-order valence-corrected chi connectivity index (χ3v) is 4.22. The molecule has 0 atom stereocenters. The first kappa shape index (κ1) is 25.6. The van der Waals surface area contributed by atoms with Gasteiger partial charge in [-0.25, -0.2) is 0 Å². The topological polar surface area (TPSA) is 46.2 Å². The van der Waals surface area contributed by atoms with Crippen LogP contribution in [0.1, 0.15) is 26.7 Å².